The molecule has 16 heavy (non-hydrogen) atoms. The highest BCUT2D eigenvalue weighted by Gasteiger charge is 2.11. The Balaban J connectivity index is 3.66. The van der Waals surface area contributed by atoms with Gasteiger partial charge in [-0.15, -0.1) is 0 Å². The van der Waals surface area contributed by atoms with Crippen LogP contribution in [0, 0.1) is 0 Å². The van der Waals surface area contributed by atoms with Crippen molar-refractivity contribution in [2.75, 3.05) is 26.8 Å². The Morgan fingerprint density at radius 3 is 2.69 bits per heavy atom. The smallest absolute Gasteiger partial charge is 0.233 e. The summed E-state index contributed by atoms with van der Waals surface area (Å²) in [6.45, 7) is 7.04. The molecule has 1 amide bonds. The van der Waals surface area contributed by atoms with E-state index in [1.54, 1.807) is 7.11 Å². The molecule has 0 aromatic carbocycles. The van der Waals surface area contributed by atoms with Crippen LogP contribution in [0.15, 0.2) is 0 Å². The van der Waals surface area contributed by atoms with Gasteiger partial charge in [-0.25, -0.2) is 5.84 Å². The van der Waals surface area contributed by atoms with Crippen LogP contribution in [0.1, 0.15) is 33.1 Å². The largest absolute Gasteiger partial charge is 0.383 e. The van der Waals surface area contributed by atoms with E-state index in [9.17, 15) is 4.79 Å². The number of unbranched alkanes of at least 4 members (excludes halogenated alkanes) is 1. The minimum Gasteiger partial charge on any atom is -0.383 e. The number of nitrogens with two attached hydrogens (primary N) is 1. The van der Waals surface area contributed by atoms with Crippen molar-refractivity contribution in [3.63, 3.8) is 0 Å². The van der Waals surface area contributed by atoms with Crippen LogP contribution in [0.4, 0.5) is 0 Å². The van der Waals surface area contributed by atoms with Gasteiger partial charge < -0.3 is 4.74 Å². The van der Waals surface area contributed by atoms with E-state index < -0.39 is 0 Å². The van der Waals surface area contributed by atoms with Gasteiger partial charge in [0.2, 0.25) is 5.91 Å². The summed E-state index contributed by atoms with van der Waals surface area (Å²) < 4.78 is 5.13. The van der Waals surface area contributed by atoms with E-state index in [-0.39, 0.29) is 5.91 Å². The van der Waals surface area contributed by atoms with Crippen LogP contribution in [0.5, 0.6) is 0 Å². The lowest BCUT2D eigenvalue weighted by molar-refractivity contribution is -0.121. The fourth-order valence-electron chi connectivity index (χ4n) is 1.71. The van der Waals surface area contributed by atoms with Crippen LogP contribution in [-0.2, 0) is 9.53 Å². The fourth-order valence-corrected chi connectivity index (χ4v) is 1.71. The molecule has 0 rings (SSSR count). The van der Waals surface area contributed by atoms with E-state index in [4.69, 9.17) is 10.6 Å². The quantitative estimate of drug-likeness (QED) is 0.262. The van der Waals surface area contributed by atoms with Crippen molar-refractivity contribution in [2.45, 2.75) is 39.2 Å². The molecule has 0 aliphatic carbocycles. The Kier molecular flexibility index (Phi) is 9.18. The van der Waals surface area contributed by atoms with Gasteiger partial charge >= 0.3 is 0 Å². The van der Waals surface area contributed by atoms with Gasteiger partial charge in [0.1, 0.15) is 0 Å². The Morgan fingerprint density at radius 2 is 2.19 bits per heavy atom. The van der Waals surface area contributed by atoms with Crippen LogP contribution >= 0.6 is 0 Å². The summed E-state index contributed by atoms with van der Waals surface area (Å²) in [5.41, 5.74) is 2.14. The first-order valence-electron chi connectivity index (χ1n) is 5.88. The van der Waals surface area contributed by atoms with E-state index in [0.717, 1.165) is 32.5 Å². The Bertz CT molecular complexity index is 188. The SMILES string of the molecule is CCN(CCCCC(=O)NN)C(C)COC. The molecule has 1 unspecified atom stereocenters. The van der Waals surface area contributed by atoms with Crippen LogP contribution < -0.4 is 11.3 Å². The molecule has 0 aliphatic heterocycles. The molecule has 1 atom stereocenters. The maximum Gasteiger partial charge on any atom is 0.233 e. The number of carbonyl (C=O) groups excluding carboxylic acids is 1. The van der Waals surface area contributed by atoms with Crippen LogP contribution in [0.25, 0.3) is 0 Å². The highest BCUT2D eigenvalue weighted by atomic mass is 16.5. The zero-order valence-corrected chi connectivity index (χ0v) is 10.7. The molecule has 0 saturated carbocycles. The number of ether oxygens (including phenoxy) is 1. The van der Waals surface area contributed by atoms with Gasteiger partial charge in [-0.1, -0.05) is 6.92 Å². The molecule has 0 aromatic heterocycles. The third-order valence-corrected chi connectivity index (χ3v) is 2.70. The molecule has 0 bridgehead atoms. The van der Waals surface area contributed by atoms with Gasteiger partial charge in [-0.3, -0.25) is 15.1 Å². The summed E-state index contributed by atoms with van der Waals surface area (Å²) in [6, 6.07) is 0.429. The van der Waals surface area contributed by atoms with Gasteiger partial charge in [-0.2, -0.15) is 0 Å². The molecule has 3 N–H and O–H groups in total. The Hall–Kier alpha value is -0.650. The standard InChI is InChI=1S/C11H25N3O2/c1-4-14(10(2)9-16-3)8-6-5-7-11(15)13-12/h10H,4-9,12H2,1-3H3,(H,13,15). The number of carbonyl (C=O) groups is 1. The first-order chi connectivity index (χ1) is 7.65. The topological polar surface area (TPSA) is 67.6 Å². The molecule has 0 spiro atoms. The van der Waals surface area contributed by atoms with Crippen molar-refractivity contribution >= 4 is 5.91 Å². The van der Waals surface area contributed by atoms with Crippen molar-refractivity contribution in [1.82, 2.24) is 10.3 Å². The van der Waals surface area contributed by atoms with Crippen molar-refractivity contribution in [2.24, 2.45) is 5.84 Å². The van der Waals surface area contributed by atoms with Gasteiger partial charge in [0, 0.05) is 19.6 Å². The number of nitrogens with one attached hydrogen (secondary N) is 1. The summed E-state index contributed by atoms with van der Waals surface area (Å²) in [6.07, 6.45) is 2.39. The third-order valence-electron chi connectivity index (χ3n) is 2.70. The lowest BCUT2D eigenvalue weighted by Crippen LogP contribution is -2.37. The van der Waals surface area contributed by atoms with Crippen molar-refractivity contribution in [1.29, 1.82) is 0 Å². The van der Waals surface area contributed by atoms with Crippen LogP contribution in [-0.4, -0.2) is 43.7 Å². The number of likely N-dealkylation sites (N-methyl/N-ethyl adjacent to an activating group) is 1. The molecular weight excluding hydrogens is 206 g/mol. The molecule has 0 heterocycles. The number of methoxy groups -OCH3 is 1. The predicted molar refractivity (Wildman–Crippen MR) is 64.8 cm³/mol. The zero-order valence-electron chi connectivity index (χ0n) is 10.7. The normalized spacial score (nSPS) is 12.8. The van der Waals surface area contributed by atoms with Crippen molar-refractivity contribution in [3.05, 3.63) is 0 Å². The molecule has 5 nitrogen and oxygen atoms in total. The number of amides is 1. The summed E-state index contributed by atoms with van der Waals surface area (Å²) in [5, 5.41) is 0. The van der Waals surface area contributed by atoms with Crippen LogP contribution in [0.2, 0.25) is 0 Å². The monoisotopic (exact) mass is 231 g/mol. The number of hydrogen-bond acceptors (Lipinski definition) is 4. The predicted octanol–water partition coefficient (Wildman–Crippen LogP) is 0.503. The number of rotatable bonds is 9. The second-order valence-corrected chi connectivity index (χ2v) is 3.96. The molecule has 0 aromatic rings. The van der Waals surface area contributed by atoms with Gasteiger partial charge in [0.25, 0.3) is 0 Å². The molecule has 0 fully saturated rings. The molecule has 0 saturated heterocycles. The van der Waals surface area contributed by atoms with E-state index in [1.165, 1.54) is 0 Å². The minimum atomic E-state index is -0.0898. The molecular formula is C11H25N3O2. The average Bonchev–Trinajstić information content (AvgIpc) is 2.29. The third kappa shape index (κ3) is 6.76. The minimum absolute atomic E-state index is 0.0898. The van der Waals surface area contributed by atoms with Gasteiger partial charge in [0.15, 0.2) is 0 Å². The lowest BCUT2D eigenvalue weighted by Gasteiger charge is -2.27. The number of hydrogen-bond donors (Lipinski definition) is 2. The second-order valence-electron chi connectivity index (χ2n) is 3.96. The zero-order chi connectivity index (χ0) is 12.4. The number of hydrazine groups is 1. The maximum absolute atomic E-state index is 10.9. The molecule has 0 aliphatic rings. The summed E-state index contributed by atoms with van der Waals surface area (Å²) in [7, 11) is 1.72. The average molecular weight is 231 g/mol. The van der Waals surface area contributed by atoms with Gasteiger partial charge in [-0.05, 0) is 32.9 Å². The van der Waals surface area contributed by atoms with E-state index >= 15 is 0 Å². The van der Waals surface area contributed by atoms with Crippen molar-refractivity contribution in [3.8, 4) is 0 Å². The van der Waals surface area contributed by atoms with E-state index in [2.05, 4.69) is 24.2 Å². The Labute approximate surface area is 98.3 Å². The van der Waals surface area contributed by atoms with Crippen LogP contribution in [0.3, 0.4) is 0 Å². The fraction of sp³-hybridized carbons (Fsp3) is 0.909. The summed E-state index contributed by atoms with van der Waals surface area (Å²) in [4.78, 5) is 13.2. The second kappa shape index (κ2) is 9.57. The highest BCUT2D eigenvalue weighted by molar-refractivity contribution is 5.75. The first-order valence-corrected chi connectivity index (χ1v) is 5.88. The summed E-state index contributed by atoms with van der Waals surface area (Å²) in [5.74, 6) is 4.91. The van der Waals surface area contributed by atoms with Gasteiger partial charge in [0.05, 0.1) is 6.61 Å². The lowest BCUT2D eigenvalue weighted by atomic mass is 10.2. The molecule has 96 valence electrons. The first kappa shape index (κ1) is 15.3. The Morgan fingerprint density at radius 1 is 1.50 bits per heavy atom. The highest BCUT2D eigenvalue weighted by Crippen LogP contribution is 2.03. The van der Waals surface area contributed by atoms with E-state index in [1.807, 2.05) is 0 Å². The molecule has 5 heteroatoms. The van der Waals surface area contributed by atoms with E-state index in [0.29, 0.717) is 12.5 Å². The number of nitrogens with zero attached hydrogens (tertiary/aromatic N) is 1. The maximum atomic E-state index is 10.9. The van der Waals surface area contributed by atoms with Crippen molar-refractivity contribution < 1.29 is 9.53 Å². The molecule has 0 radical (unpaired) electrons. The summed E-state index contributed by atoms with van der Waals surface area (Å²) >= 11 is 0.